The van der Waals surface area contributed by atoms with Crippen molar-refractivity contribution in [2.75, 3.05) is 0 Å². The first-order valence-corrected chi connectivity index (χ1v) is 4.38. The molecule has 0 rings (SSSR count). The van der Waals surface area contributed by atoms with Gasteiger partial charge in [-0.25, -0.2) is 0 Å². The lowest BCUT2D eigenvalue weighted by Crippen LogP contribution is -2.12. The van der Waals surface area contributed by atoms with Crippen LogP contribution < -0.4 is 0 Å². The highest BCUT2D eigenvalue weighted by Crippen LogP contribution is 2.15. The Hall–Kier alpha value is -1.06. The van der Waals surface area contributed by atoms with E-state index in [0.717, 1.165) is 0 Å². The quantitative estimate of drug-likeness (QED) is 0.663. The van der Waals surface area contributed by atoms with Crippen molar-refractivity contribution in [3.05, 3.63) is 0 Å². The van der Waals surface area contributed by atoms with Crippen LogP contribution in [0.25, 0.3) is 0 Å². The number of hydrogen-bond acceptors (Lipinski definition) is 2. The standard InChI is InChI=1S/C9H16O4/c1-6(5-8(10)11)3-4-7(2)9(12)13/h6-7H,3-5H2,1-2H3,(H,10,11)(H,12,13). The van der Waals surface area contributed by atoms with E-state index >= 15 is 0 Å². The molecule has 2 N–H and O–H groups in total. The summed E-state index contributed by atoms with van der Waals surface area (Å²) in [5.41, 5.74) is 0. The molecule has 0 saturated carbocycles. The smallest absolute Gasteiger partial charge is 0.306 e. The molecule has 0 aliphatic carbocycles. The summed E-state index contributed by atoms with van der Waals surface area (Å²) in [7, 11) is 0. The molecule has 0 amide bonds. The summed E-state index contributed by atoms with van der Waals surface area (Å²) in [5.74, 6) is -1.96. The van der Waals surface area contributed by atoms with Gasteiger partial charge in [0.2, 0.25) is 0 Å². The van der Waals surface area contributed by atoms with Crippen molar-refractivity contribution in [3.8, 4) is 0 Å². The number of carboxylic acids is 2. The molecule has 0 aromatic heterocycles. The monoisotopic (exact) mass is 188 g/mol. The highest BCUT2D eigenvalue weighted by atomic mass is 16.4. The Bertz CT molecular complexity index is 188. The Balaban J connectivity index is 3.63. The molecule has 0 aliphatic rings. The molecule has 0 radical (unpaired) electrons. The third kappa shape index (κ3) is 6.13. The Kier molecular flexibility index (Phi) is 5.11. The first kappa shape index (κ1) is 11.9. The van der Waals surface area contributed by atoms with Gasteiger partial charge in [-0.2, -0.15) is 0 Å². The molecular weight excluding hydrogens is 172 g/mol. The Morgan fingerprint density at radius 1 is 1.15 bits per heavy atom. The van der Waals surface area contributed by atoms with Crippen LogP contribution in [0.2, 0.25) is 0 Å². The Morgan fingerprint density at radius 2 is 1.69 bits per heavy atom. The molecule has 13 heavy (non-hydrogen) atoms. The average Bonchev–Trinajstić information content (AvgIpc) is 1.98. The first-order valence-electron chi connectivity index (χ1n) is 4.38. The van der Waals surface area contributed by atoms with Crippen LogP contribution in [0, 0.1) is 11.8 Å². The zero-order chi connectivity index (χ0) is 10.4. The van der Waals surface area contributed by atoms with Gasteiger partial charge in [0.15, 0.2) is 0 Å². The van der Waals surface area contributed by atoms with Gasteiger partial charge in [-0.15, -0.1) is 0 Å². The minimum absolute atomic E-state index is 0.0549. The van der Waals surface area contributed by atoms with Crippen molar-refractivity contribution in [2.24, 2.45) is 11.8 Å². The van der Waals surface area contributed by atoms with E-state index in [2.05, 4.69) is 0 Å². The SMILES string of the molecule is CC(CCC(C)C(=O)O)CC(=O)O. The topological polar surface area (TPSA) is 74.6 Å². The normalized spacial score (nSPS) is 14.9. The van der Waals surface area contributed by atoms with Gasteiger partial charge in [0.1, 0.15) is 0 Å². The average molecular weight is 188 g/mol. The van der Waals surface area contributed by atoms with E-state index in [1.807, 2.05) is 6.92 Å². The molecule has 0 aromatic carbocycles. The fraction of sp³-hybridized carbons (Fsp3) is 0.778. The Morgan fingerprint density at radius 3 is 2.08 bits per heavy atom. The van der Waals surface area contributed by atoms with Crippen molar-refractivity contribution in [2.45, 2.75) is 33.1 Å². The predicted molar refractivity (Wildman–Crippen MR) is 47.5 cm³/mol. The molecule has 0 aromatic rings. The molecule has 0 aliphatic heterocycles. The fourth-order valence-corrected chi connectivity index (χ4v) is 1.06. The number of carboxylic acid groups (broad SMARTS) is 2. The van der Waals surface area contributed by atoms with Crippen LogP contribution >= 0.6 is 0 Å². The number of carbonyl (C=O) groups is 2. The third-order valence-corrected chi connectivity index (χ3v) is 2.04. The van der Waals surface area contributed by atoms with E-state index in [-0.39, 0.29) is 18.3 Å². The molecule has 4 heteroatoms. The molecule has 0 heterocycles. The molecule has 0 saturated heterocycles. The number of hydrogen-bond donors (Lipinski definition) is 2. The highest BCUT2D eigenvalue weighted by molar-refractivity contribution is 5.69. The van der Waals surface area contributed by atoms with Crippen molar-refractivity contribution in [1.82, 2.24) is 0 Å². The summed E-state index contributed by atoms with van der Waals surface area (Å²) < 4.78 is 0. The second-order valence-corrected chi connectivity index (χ2v) is 3.52. The van der Waals surface area contributed by atoms with Gasteiger partial charge in [-0.05, 0) is 18.8 Å². The molecule has 0 fully saturated rings. The first-order chi connectivity index (χ1) is 5.93. The highest BCUT2D eigenvalue weighted by Gasteiger charge is 2.14. The van der Waals surface area contributed by atoms with Crippen LogP contribution in [0.1, 0.15) is 33.1 Å². The van der Waals surface area contributed by atoms with Crippen molar-refractivity contribution in [1.29, 1.82) is 0 Å². The summed E-state index contributed by atoms with van der Waals surface area (Å²) in [5, 5.41) is 17.0. The molecule has 2 atom stereocenters. The van der Waals surface area contributed by atoms with Crippen LogP contribution in [0.3, 0.4) is 0 Å². The van der Waals surface area contributed by atoms with E-state index in [1.54, 1.807) is 6.92 Å². The van der Waals surface area contributed by atoms with Gasteiger partial charge in [0.25, 0.3) is 0 Å². The molecule has 76 valence electrons. The van der Waals surface area contributed by atoms with Crippen molar-refractivity contribution < 1.29 is 19.8 Å². The minimum Gasteiger partial charge on any atom is -0.481 e. The maximum absolute atomic E-state index is 10.4. The van der Waals surface area contributed by atoms with Crippen LogP contribution in [0.5, 0.6) is 0 Å². The second kappa shape index (κ2) is 5.56. The molecule has 0 spiro atoms. The molecular formula is C9H16O4. The summed E-state index contributed by atoms with van der Waals surface area (Å²) in [4.78, 5) is 20.7. The molecule has 4 nitrogen and oxygen atoms in total. The van der Waals surface area contributed by atoms with Gasteiger partial charge in [0, 0.05) is 6.42 Å². The van der Waals surface area contributed by atoms with Gasteiger partial charge in [0.05, 0.1) is 5.92 Å². The maximum Gasteiger partial charge on any atom is 0.306 e. The largest absolute Gasteiger partial charge is 0.481 e. The second-order valence-electron chi connectivity index (χ2n) is 3.52. The zero-order valence-corrected chi connectivity index (χ0v) is 7.99. The van der Waals surface area contributed by atoms with Crippen LogP contribution in [0.15, 0.2) is 0 Å². The minimum atomic E-state index is -0.824. The van der Waals surface area contributed by atoms with Gasteiger partial charge in [-0.1, -0.05) is 13.8 Å². The van der Waals surface area contributed by atoms with Crippen molar-refractivity contribution in [3.63, 3.8) is 0 Å². The lowest BCUT2D eigenvalue weighted by molar-refractivity contribution is -0.141. The van der Waals surface area contributed by atoms with Gasteiger partial charge < -0.3 is 10.2 Å². The van der Waals surface area contributed by atoms with E-state index in [0.29, 0.717) is 12.8 Å². The Labute approximate surface area is 77.6 Å². The maximum atomic E-state index is 10.4. The lowest BCUT2D eigenvalue weighted by atomic mass is 9.96. The van der Waals surface area contributed by atoms with Crippen LogP contribution in [0.4, 0.5) is 0 Å². The number of aliphatic carboxylic acids is 2. The van der Waals surface area contributed by atoms with Crippen LogP contribution in [-0.4, -0.2) is 22.2 Å². The fourth-order valence-electron chi connectivity index (χ4n) is 1.06. The van der Waals surface area contributed by atoms with Gasteiger partial charge in [-0.3, -0.25) is 9.59 Å². The van der Waals surface area contributed by atoms with Crippen molar-refractivity contribution >= 4 is 11.9 Å². The van der Waals surface area contributed by atoms with E-state index in [4.69, 9.17) is 10.2 Å². The third-order valence-electron chi connectivity index (χ3n) is 2.04. The summed E-state index contributed by atoms with van der Waals surface area (Å²) in [6.07, 6.45) is 1.32. The summed E-state index contributed by atoms with van der Waals surface area (Å²) in [6.45, 7) is 3.46. The molecule has 2 unspecified atom stereocenters. The van der Waals surface area contributed by atoms with Crippen LogP contribution in [-0.2, 0) is 9.59 Å². The van der Waals surface area contributed by atoms with E-state index < -0.39 is 11.9 Å². The molecule has 0 bridgehead atoms. The van der Waals surface area contributed by atoms with E-state index in [9.17, 15) is 9.59 Å². The zero-order valence-electron chi connectivity index (χ0n) is 7.99. The lowest BCUT2D eigenvalue weighted by Gasteiger charge is -2.10. The summed E-state index contributed by atoms with van der Waals surface area (Å²) in [6, 6.07) is 0. The van der Waals surface area contributed by atoms with E-state index in [1.165, 1.54) is 0 Å². The predicted octanol–water partition coefficient (Wildman–Crippen LogP) is 1.60. The summed E-state index contributed by atoms with van der Waals surface area (Å²) >= 11 is 0. The number of rotatable bonds is 6. The van der Waals surface area contributed by atoms with Gasteiger partial charge >= 0.3 is 11.9 Å².